The Kier molecular flexibility index (Phi) is 6.73. The van der Waals surface area contributed by atoms with Gasteiger partial charge in [-0.2, -0.15) is 0 Å². The van der Waals surface area contributed by atoms with Crippen LogP contribution in [0.15, 0.2) is 42.5 Å². The van der Waals surface area contributed by atoms with Gasteiger partial charge in [-0.05, 0) is 11.5 Å². The highest BCUT2D eigenvalue weighted by Crippen LogP contribution is 2.28. The lowest BCUT2D eigenvalue weighted by Crippen LogP contribution is -2.33. The Morgan fingerprint density at radius 3 is 2.64 bits per heavy atom. The fourth-order valence-electron chi connectivity index (χ4n) is 3.14. The predicted molar refractivity (Wildman–Crippen MR) is 92.6 cm³/mol. The molecule has 0 aliphatic carbocycles. The van der Waals surface area contributed by atoms with Gasteiger partial charge < -0.3 is 20.2 Å². The first-order chi connectivity index (χ1) is 11.9. The number of aliphatic hydroxyl groups excluding tert-OH is 2. The number of carbonyl (C=O) groups is 2. The number of carbonyl (C=O) groups excluding carboxylic acids is 1. The van der Waals surface area contributed by atoms with Gasteiger partial charge in [-0.15, -0.1) is 0 Å². The number of benzene rings is 1. The fourth-order valence-corrected chi connectivity index (χ4v) is 3.14. The summed E-state index contributed by atoms with van der Waals surface area (Å²) in [5.41, 5.74) is 1.04. The maximum atomic E-state index is 12.3. The maximum absolute atomic E-state index is 12.3. The van der Waals surface area contributed by atoms with Gasteiger partial charge in [0, 0.05) is 19.4 Å². The molecule has 3 N–H and O–H groups in total. The lowest BCUT2D eigenvalue weighted by atomic mass is 10.0. The molecule has 6 heteroatoms. The molecule has 136 valence electrons. The largest absolute Gasteiger partial charge is 0.481 e. The lowest BCUT2D eigenvalue weighted by Gasteiger charge is -2.25. The predicted octanol–water partition coefficient (Wildman–Crippen LogP) is 1.57. The van der Waals surface area contributed by atoms with Crippen molar-refractivity contribution in [3.8, 4) is 0 Å². The number of nitrogens with zero attached hydrogens (tertiary/aromatic N) is 1. The first-order valence-electron chi connectivity index (χ1n) is 8.46. The van der Waals surface area contributed by atoms with Gasteiger partial charge in [-0.1, -0.05) is 49.4 Å². The van der Waals surface area contributed by atoms with E-state index in [-0.39, 0.29) is 24.3 Å². The highest BCUT2D eigenvalue weighted by Gasteiger charge is 2.35. The van der Waals surface area contributed by atoms with E-state index in [9.17, 15) is 19.8 Å². The zero-order chi connectivity index (χ0) is 18.4. The van der Waals surface area contributed by atoms with E-state index in [4.69, 9.17) is 5.11 Å². The smallest absolute Gasteiger partial charge is 0.305 e. The summed E-state index contributed by atoms with van der Waals surface area (Å²) in [6, 6.07) is 9.59. The second-order valence-electron chi connectivity index (χ2n) is 6.62. The van der Waals surface area contributed by atoms with Gasteiger partial charge in [0.2, 0.25) is 5.91 Å². The molecule has 1 saturated heterocycles. The molecule has 1 heterocycles. The van der Waals surface area contributed by atoms with E-state index in [1.54, 1.807) is 17.1 Å². The third-order valence-corrected chi connectivity index (χ3v) is 4.41. The summed E-state index contributed by atoms with van der Waals surface area (Å²) < 4.78 is 0. The van der Waals surface area contributed by atoms with Crippen LogP contribution in [0.25, 0.3) is 0 Å². The second kappa shape index (κ2) is 8.78. The average molecular weight is 347 g/mol. The molecule has 2 rings (SSSR count). The normalized spacial score (nSPS) is 23.2. The molecule has 0 radical (unpaired) electrons. The van der Waals surface area contributed by atoms with Crippen LogP contribution in [-0.2, 0) is 16.1 Å². The van der Waals surface area contributed by atoms with Gasteiger partial charge in [-0.25, -0.2) is 0 Å². The van der Waals surface area contributed by atoms with Crippen LogP contribution >= 0.6 is 0 Å². The molecule has 1 fully saturated rings. The average Bonchev–Trinajstić information content (AvgIpc) is 2.79. The van der Waals surface area contributed by atoms with Gasteiger partial charge in [0.05, 0.1) is 24.7 Å². The van der Waals surface area contributed by atoms with Crippen molar-refractivity contribution in [1.82, 2.24) is 4.90 Å². The van der Waals surface area contributed by atoms with E-state index in [1.165, 1.54) is 0 Å². The first kappa shape index (κ1) is 19.1. The molecule has 25 heavy (non-hydrogen) atoms. The summed E-state index contributed by atoms with van der Waals surface area (Å²) in [6.45, 7) is 2.50. The van der Waals surface area contributed by atoms with Crippen molar-refractivity contribution in [2.24, 2.45) is 5.92 Å². The summed E-state index contributed by atoms with van der Waals surface area (Å²) in [5, 5.41) is 28.2. The Balaban J connectivity index is 1.99. The van der Waals surface area contributed by atoms with E-state index in [1.807, 2.05) is 37.3 Å². The second-order valence-corrected chi connectivity index (χ2v) is 6.62. The molecule has 0 aromatic heterocycles. The minimum Gasteiger partial charge on any atom is -0.481 e. The molecule has 1 aliphatic heterocycles. The van der Waals surface area contributed by atoms with E-state index in [0.29, 0.717) is 13.0 Å². The van der Waals surface area contributed by atoms with Crippen LogP contribution in [0, 0.1) is 5.92 Å². The van der Waals surface area contributed by atoms with Crippen LogP contribution < -0.4 is 0 Å². The fraction of sp³-hybridized carbons (Fsp3) is 0.474. The van der Waals surface area contributed by atoms with Crippen LogP contribution in [0.2, 0.25) is 0 Å². The Morgan fingerprint density at radius 1 is 1.32 bits per heavy atom. The lowest BCUT2D eigenvalue weighted by molar-refractivity contribution is -0.139. The van der Waals surface area contributed by atoms with Crippen LogP contribution in [-0.4, -0.2) is 50.3 Å². The van der Waals surface area contributed by atoms with Gasteiger partial charge >= 0.3 is 5.97 Å². The van der Waals surface area contributed by atoms with E-state index < -0.39 is 24.6 Å². The molecule has 0 bridgehead atoms. The number of amides is 1. The van der Waals surface area contributed by atoms with Crippen LogP contribution in [0.5, 0.6) is 0 Å². The van der Waals surface area contributed by atoms with E-state index >= 15 is 0 Å². The molecular formula is C19H25NO5. The van der Waals surface area contributed by atoms with Crippen molar-refractivity contribution in [2.45, 2.75) is 51.0 Å². The summed E-state index contributed by atoms with van der Waals surface area (Å²) in [5.74, 6) is -0.900. The minimum absolute atomic E-state index is 0.0451. The third kappa shape index (κ3) is 5.69. The molecule has 0 spiro atoms. The van der Waals surface area contributed by atoms with Crippen molar-refractivity contribution < 1.29 is 24.9 Å². The number of hydrogen-bond acceptors (Lipinski definition) is 4. The summed E-state index contributed by atoms with van der Waals surface area (Å²) in [4.78, 5) is 24.6. The summed E-state index contributed by atoms with van der Waals surface area (Å²) in [6.07, 6.45) is 1.30. The Morgan fingerprint density at radius 2 is 2.00 bits per heavy atom. The Hall–Kier alpha value is -2.18. The molecule has 0 saturated carbocycles. The highest BCUT2D eigenvalue weighted by atomic mass is 16.4. The number of aliphatic carboxylic acids is 1. The first-order valence-corrected chi connectivity index (χ1v) is 8.46. The van der Waals surface area contributed by atoms with Crippen LogP contribution in [0.3, 0.4) is 0 Å². The monoisotopic (exact) mass is 347 g/mol. The van der Waals surface area contributed by atoms with Gasteiger partial charge in [-0.3, -0.25) is 9.59 Å². The molecule has 6 nitrogen and oxygen atoms in total. The summed E-state index contributed by atoms with van der Waals surface area (Å²) >= 11 is 0. The number of carboxylic acid groups (broad SMARTS) is 1. The van der Waals surface area contributed by atoms with Crippen LogP contribution in [0.4, 0.5) is 0 Å². The van der Waals surface area contributed by atoms with Gasteiger partial charge in [0.1, 0.15) is 0 Å². The van der Waals surface area contributed by atoms with Crippen molar-refractivity contribution in [1.29, 1.82) is 0 Å². The van der Waals surface area contributed by atoms with Gasteiger partial charge in [0.15, 0.2) is 0 Å². The number of aliphatic hydroxyl groups is 2. The maximum Gasteiger partial charge on any atom is 0.305 e. The molecule has 1 aromatic carbocycles. The standard InChI is InChI=1S/C19H25NO5/c1-13-9-18(23)20(12-14-5-3-2-4-6-14)17(13)8-7-15(21)10-16(22)11-19(24)25/h2-8,13,15-17,21-22H,9-12H2,1H3,(H,24,25)/t13-,15+,16+,17+/m0/s1. The van der Waals surface area contributed by atoms with Crippen molar-refractivity contribution in [2.75, 3.05) is 0 Å². The van der Waals surface area contributed by atoms with Crippen molar-refractivity contribution in [3.63, 3.8) is 0 Å². The van der Waals surface area contributed by atoms with E-state index in [0.717, 1.165) is 5.56 Å². The Labute approximate surface area is 147 Å². The zero-order valence-electron chi connectivity index (χ0n) is 14.3. The number of hydrogen-bond donors (Lipinski definition) is 3. The summed E-state index contributed by atoms with van der Waals surface area (Å²) in [7, 11) is 0. The molecular weight excluding hydrogens is 322 g/mol. The van der Waals surface area contributed by atoms with E-state index in [2.05, 4.69) is 0 Å². The topological polar surface area (TPSA) is 98.1 Å². The Bertz CT molecular complexity index is 616. The number of carboxylic acids is 1. The zero-order valence-corrected chi connectivity index (χ0v) is 14.3. The minimum atomic E-state index is -1.10. The molecule has 1 amide bonds. The SMILES string of the molecule is C[C@H]1CC(=O)N(Cc2ccccc2)[C@@H]1C=C[C@@H](O)C[C@@H](O)CC(=O)O. The third-order valence-electron chi connectivity index (χ3n) is 4.41. The van der Waals surface area contributed by atoms with Gasteiger partial charge in [0.25, 0.3) is 0 Å². The van der Waals surface area contributed by atoms with Crippen LogP contribution in [0.1, 0.15) is 31.7 Å². The van der Waals surface area contributed by atoms with Crippen molar-refractivity contribution >= 4 is 11.9 Å². The highest BCUT2D eigenvalue weighted by molar-refractivity contribution is 5.79. The molecule has 1 aromatic rings. The number of rotatable bonds is 8. The quantitative estimate of drug-likeness (QED) is 0.620. The number of likely N-dealkylation sites (tertiary alicyclic amines) is 1. The van der Waals surface area contributed by atoms with Crippen molar-refractivity contribution in [3.05, 3.63) is 48.0 Å². The molecule has 1 aliphatic rings. The molecule has 4 atom stereocenters. The molecule has 0 unspecified atom stereocenters.